The molecule has 0 saturated heterocycles. The van der Waals surface area contributed by atoms with Gasteiger partial charge in [-0.3, -0.25) is 4.79 Å². The number of aryl methyl sites for hydroxylation is 1. The van der Waals surface area contributed by atoms with Crippen molar-refractivity contribution in [1.29, 1.82) is 0 Å². The lowest BCUT2D eigenvalue weighted by Crippen LogP contribution is -2.59. The zero-order chi connectivity index (χ0) is 24.0. The number of aromatic amines is 1. The van der Waals surface area contributed by atoms with Crippen LogP contribution in [-0.2, 0) is 11.3 Å². The average Bonchev–Trinajstić information content (AvgIpc) is 3.32. The van der Waals surface area contributed by atoms with Crippen LogP contribution in [0.1, 0.15) is 38.9 Å². The van der Waals surface area contributed by atoms with E-state index < -0.39 is 13.0 Å². The summed E-state index contributed by atoms with van der Waals surface area (Å²) in [7, 11) is 0. The lowest BCUT2D eigenvalue weighted by atomic mass is 9.74. The lowest BCUT2D eigenvalue weighted by molar-refractivity contribution is -0.123. The van der Waals surface area contributed by atoms with E-state index in [2.05, 4.69) is 40.5 Å². The maximum atomic E-state index is 13.0. The van der Waals surface area contributed by atoms with E-state index in [0.29, 0.717) is 40.8 Å². The van der Waals surface area contributed by atoms with Crippen molar-refractivity contribution in [3.8, 4) is 11.3 Å². The highest BCUT2D eigenvalue weighted by atomic mass is 19.3. The number of amides is 1. The summed E-state index contributed by atoms with van der Waals surface area (Å²) in [6.45, 7) is 5.03. The third kappa shape index (κ3) is 4.03. The maximum Gasteiger partial charge on any atom is 0.256 e. The Morgan fingerprint density at radius 3 is 2.79 bits per heavy atom. The van der Waals surface area contributed by atoms with Gasteiger partial charge in [-0.15, -0.1) is 0 Å². The Hall–Kier alpha value is -3.70. The molecule has 1 aliphatic carbocycles. The van der Waals surface area contributed by atoms with Gasteiger partial charge in [0.2, 0.25) is 11.9 Å². The summed E-state index contributed by atoms with van der Waals surface area (Å²) in [4.78, 5) is 36.9. The molecule has 0 spiro atoms. The number of rotatable bonds is 7. The molecular formula is C22H25F2N9O. The Morgan fingerprint density at radius 2 is 2.06 bits per heavy atom. The minimum atomic E-state index is -2.52. The highest BCUT2D eigenvalue weighted by Crippen LogP contribution is 2.34. The van der Waals surface area contributed by atoms with Crippen LogP contribution in [0.2, 0.25) is 0 Å². The summed E-state index contributed by atoms with van der Waals surface area (Å²) < 4.78 is 27.4. The standard InChI is InChI=1S/C22H25F2N9O/c1-4-17(34)32-22(3)5-12(6-22)29-21-27-8-14-13(7-25-18(14)31-21)15-9-26-19-20(30-15)33(10-16(23)24)11(2)28-19/h7-9,12,16H,4-6,10H2,1-3H3,(H,32,34)(H2,25,27,29,31)/t12-,22-. The molecule has 3 N–H and O–H groups in total. The van der Waals surface area contributed by atoms with Gasteiger partial charge in [0.15, 0.2) is 11.3 Å². The fourth-order valence-electron chi connectivity index (χ4n) is 4.51. The smallest absolute Gasteiger partial charge is 0.256 e. The van der Waals surface area contributed by atoms with Crippen molar-refractivity contribution in [3.63, 3.8) is 0 Å². The van der Waals surface area contributed by atoms with Crippen molar-refractivity contribution in [2.45, 2.75) is 64.6 Å². The first-order chi connectivity index (χ1) is 16.2. The molecule has 1 saturated carbocycles. The average molecular weight is 470 g/mol. The van der Waals surface area contributed by atoms with Gasteiger partial charge < -0.3 is 20.2 Å². The van der Waals surface area contributed by atoms with Crippen LogP contribution in [0.4, 0.5) is 14.7 Å². The zero-order valence-electron chi connectivity index (χ0n) is 19.1. The molecule has 0 unspecified atom stereocenters. The summed E-state index contributed by atoms with van der Waals surface area (Å²) in [5.41, 5.74) is 2.28. The molecule has 0 aliphatic heterocycles. The monoisotopic (exact) mass is 469 g/mol. The summed E-state index contributed by atoms with van der Waals surface area (Å²) in [5.74, 6) is 0.972. The Morgan fingerprint density at radius 1 is 1.26 bits per heavy atom. The minimum absolute atomic E-state index is 0.0474. The van der Waals surface area contributed by atoms with Crippen molar-refractivity contribution in [3.05, 3.63) is 24.4 Å². The lowest BCUT2D eigenvalue weighted by Gasteiger charge is -2.45. The number of anilines is 1. The van der Waals surface area contributed by atoms with E-state index in [1.165, 1.54) is 4.57 Å². The number of nitrogens with one attached hydrogen (secondary N) is 3. The normalized spacial score (nSPS) is 20.1. The predicted molar refractivity (Wildman–Crippen MR) is 122 cm³/mol. The van der Waals surface area contributed by atoms with E-state index in [-0.39, 0.29) is 17.5 Å². The molecule has 5 rings (SSSR count). The Balaban J connectivity index is 1.36. The van der Waals surface area contributed by atoms with Crippen LogP contribution in [0.15, 0.2) is 18.6 Å². The quantitative estimate of drug-likeness (QED) is 0.379. The third-order valence-electron chi connectivity index (χ3n) is 6.17. The number of halogens is 2. The van der Waals surface area contributed by atoms with Crippen LogP contribution in [0.25, 0.3) is 33.6 Å². The van der Waals surface area contributed by atoms with Crippen LogP contribution in [0.3, 0.4) is 0 Å². The summed E-state index contributed by atoms with van der Waals surface area (Å²) in [5, 5.41) is 7.11. The van der Waals surface area contributed by atoms with Crippen molar-refractivity contribution in [2.24, 2.45) is 0 Å². The molecule has 0 atom stereocenters. The molecule has 0 aromatic carbocycles. The van der Waals surface area contributed by atoms with E-state index in [0.717, 1.165) is 23.8 Å². The summed E-state index contributed by atoms with van der Waals surface area (Å²) in [6, 6.07) is 0.167. The summed E-state index contributed by atoms with van der Waals surface area (Å²) in [6.07, 6.45) is 4.53. The second-order valence-corrected chi connectivity index (χ2v) is 8.93. The van der Waals surface area contributed by atoms with Crippen molar-refractivity contribution in [2.75, 3.05) is 5.32 Å². The highest BCUT2D eigenvalue weighted by molar-refractivity contribution is 5.93. The van der Waals surface area contributed by atoms with Gasteiger partial charge in [-0.2, -0.15) is 4.98 Å². The van der Waals surface area contributed by atoms with Crippen LogP contribution < -0.4 is 10.6 Å². The highest BCUT2D eigenvalue weighted by Gasteiger charge is 2.41. The van der Waals surface area contributed by atoms with Crippen molar-refractivity contribution < 1.29 is 13.6 Å². The van der Waals surface area contributed by atoms with Gasteiger partial charge in [0, 0.05) is 41.3 Å². The third-order valence-corrected chi connectivity index (χ3v) is 6.17. The Bertz CT molecular complexity index is 1370. The Kier molecular flexibility index (Phi) is 5.37. The fourth-order valence-corrected chi connectivity index (χ4v) is 4.51. The molecule has 12 heteroatoms. The number of alkyl halides is 2. The molecule has 1 amide bonds. The van der Waals surface area contributed by atoms with Crippen molar-refractivity contribution >= 4 is 34.2 Å². The maximum absolute atomic E-state index is 13.0. The SMILES string of the molecule is CCC(=O)N[C@]1(C)C[C@@H](Nc2ncc3c(-c4cnc5nc(C)n(CC(F)F)c5n4)c[nH]c3n2)C1. The second kappa shape index (κ2) is 8.26. The number of fused-ring (bicyclic) bond motifs is 2. The molecule has 10 nitrogen and oxygen atoms in total. The predicted octanol–water partition coefficient (Wildman–Crippen LogP) is 3.20. The van der Waals surface area contributed by atoms with E-state index >= 15 is 0 Å². The van der Waals surface area contributed by atoms with E-state index in [1.807, 2.05) is 13.8 Å². The van der Waals surface area contributed by atoms with Gasteiger partial charge in [-0.05, 0) is 26.7 Å². The number of imidazole rings is 1. The summed E-state index contributed by atoms with van der Waals surface area (Å²) >= 11 is 0. The molecule has 34 heavy (non-hydrogen) atoms. The van der Waals surface area contributed by atoms with Gasteiger partial charge in [-0.1, -0.05) is 6.92 Å². The largest absolute Gasteiger partial charge is 0.351 e. The molecule has 1 fully saturated rings. The molecule has 0 radical (unpaired) electrons. The van der Waals surface area contributed by atoms with Crippen LogP contribution in [0, 0.1) is 6.92 Å². The van der Waals surface area contributed by atoms with Gasteiger partial charge in [0.05, 0.1) is 18.4 Å². The van der Waals surface area contributed by atoms with Crippen molar-refractivity contribution in [1.82, 2.24) is 39.8 Å². The number of hydrogen-bond acceptors (Lipinski definition) is 7. The molecule has 4 aromatic rings. The molecule has 4 heterocycles. The molecule has 1 aliphatic rings. The number of hydrogen-bond donors (Lipinski definition) is 3. The minimum Gasteiger partial charge on any atom is -0.351 e. The second-order valence-electron chi connectivity index (χ2n) is 8.93. The number of carbonyl (C=O) groups is 1. The van der Waals surface area contributed by atoms with Gasteiger partial charge in [0.25, 0.3) is 6.43 Å². The van der Waals surface area contributed by atoms with E-state index in [4.69, 9.17) is 0 Å². The van der Waals surface area contributed by atoms with Crippen LogP contribution >= 0.6 is 0 Å². The molecule has 4 aromatic heterocycles. The molecule has 178 valence electrons. The fraction of sp³-hybridized carbons (Fsp3) is 0.455. The number of carbonyl (C=O) groups excluding carboxylic acids is 1. The van der Waals surface area contributed by atoms with Gasteiger partial charge >= 0.3 is 0 Å². The van der Waals surface area contributed by atoms with Gasteiger partial charge in [0.1, 0.15) is 11.5 Å². The Labute approximate surface area is 193 Å². The van der Waals surface area contributed by atoms with Crippen LogP contribution in [0.5, 0.6) is 0 Å². The van der Waals surface area contributed by atoms with Gasteiger partial charge in [-0.25, -0.2) is 28.7 Å². The molecular weight excluding hydrogens is 444 g/mol. The first-order valence-corrected chi connectivity index (χ1v) is 11.1. The number of H-pyrrole nitrogens is 1. The topological polar surface area (TPSA) is 126 Å². The number of nitrogens with zero attached hydrogens (tertiary/aromatic N) is 6. The van der Waals surface area contributed by atoms with E-state index in [9.17, 15) is 13.6 Å². The zero-order valence-corrected chi connectivity index (χ0v) is 19.1. The number of aromatic nitrogens is 7. The first-order valence-electron chi connectivity index (χ1n) is 11.1. The van der Waals surface area contributed by atoms with E-state index in [1.54, 1.807) is 25.5 Å². The first kappa shape index (κ1) is 22.1. The van der Waals surface area contributed by atoms with Crippen LogP contribution in [-0.4, -0.2) is 58.4 Å². The molecule has 0 bridgehead atoms.